The molecule has 164 valence electrons. The standard InChI is InChI=1S/C18H24F3N7O2/c1-27(2)5-6-28(3)14-8-15(30-4)13(7-12(14)24-10-29)25-17-23-9-11(16(22)26-17)18(19,20)21/h7-10H,5-6H2,1-4H3,(H,24,29)(H3,22,23,25,26). The molecule has 0 unspecified atom stereocenters. The summed E-state index contributed by atoms with van der Waals surface area (Å²) >= 11 is 0. The first-order chi connectivity index (χ1) is 14.1. The van der Waals surface area contributed by atoms with Gasteiger partial charge in [0.05, 0.1) is 24.2 Å². The summed E-state index contributed by atoms with van der Waals surface area (Å²) in [6, 6.07) is 3.27. The molecule has 1 aromatic carbocycles. The smallest absolute Gasteiger partial charge is 0.421 e. The first kappa shape index (κ1) is 23.0. The van der Waals surface area contributed by atoms with Crippen molar-refractivity contribution < 1.29 is 22.7 Å². The first-order valence-electron chi connectivity index (χ1n) is 8.81. The normalized spacial score (nSPS) is 11.3. The number of carbonyl (C=O) groups excluding carboxylic acids is 1. The number of aromatic nitrogens is 2. The number of nitrogen functional groups attached to an aromatic ring is 1. The number of nitrogens with two attached hydrogens (primary N) is 1. The third-order valence-corrected chi connectivity index (χ3v) is 4.20. The summed E-state index contributed by atoms with van der Waals surface area (Å²) in [5, 5.41) is 5.40. The third kappa shape index (κ3) is 5.63. The van der Waals surface area contributed by atoms with Gasteiger partial charge in [0.25, 0.3) is 0 Å². The minimum absolute atomic E-state index is 0.149. The van der Waals surface area contributed by atoms with E-state index >= 15 is 0 Å². The molecule has 30 heavy (non-hydrogen) atoms. The number of alkyl halides is 3. The zero-order valence-corrected chi connectivity index (χ0v) is 17.0. The molecule has 2 aromatic rings. The second-order valence-electron chi connectivity index (χ2n) is 6.67. The molecule has 2 rings (SSSR count). The fraction of sp³-hybridized carbons (Fsp3) is 0.389. The summed E-state index contributed by atoms with van der Waals surface area (Å²) < 4.78 is 43.9. The molecule has 0 saturated carbocycles. The topological polar surface area (TPSA) is 109 Å². The number of hydrogen-bond acceptors (Lipinski definition) is 8. The predicted octanol–water partition coefficient (Wildman–Crippen LogP) is 2.40. The quantitative estimate of drug-likeness (QED) is 0.524. The van der Waals surface area contributed by atoms with Crippen LogP contribution >= 0.6 is 0 Å². The molecule has 0 bridgehead atoms. The van der Waals surface area contributed by atoms with E-state index in [4.69, 9.17) is 10.5 Å². The number of halogens is 3. The highest BCUT2D eigenvalue weighted by atomic mass is 19.4. The van der Waals surface area contributed by atoms with Crippen molar-refractivity contribution in [3.8, 4) is 5.75 Å². The van der Waals surface area contributed by atoms with Crippen molar-refractivity contribution in [1.82, 2.24) is 14.9 Å². The minimum Gasteiger partial charge on any atom is -0.494 e. The van der Waals surface area contributed by atoms with Gasteiger partial charge >= 0.3 is 6.18 Å². The zero-order chi connectivity index (χ0) is 22.5. The number of rotatable bonds is 9. The number of methoxy groups -OCH3 is 1. The number of amides is 1. The van der Waals surface area contributed by atoms with Gasteiger partial charge < -0.3 is 30.9 Å². The Balaban J connectivity index is 2.39. The number of hydrogen-bond donors (Lipinski definition) is 3. The van der Waals surface area contributed by atoms with Gasteiger partial charge in [0.15, 0.2) is 0 Å². The maximum Gasteiger partial charge on any atom is 0.421 e. The van der Waals surface area contributed by atoms with Gasteiger partial charge in [0.1, 0.15) is 17.1 Å². The highest BCUT2D eigenvalue weighted by molar-refractivity contribution is 5.87. The lowest BCUT2D eigenvalue weighted by molar-refractivity contribution is -0.137. The Hall–Kier alpha value is -3.28. The Morgan fingerprint density at radius 1 is 1.20 bits per heavy atom. The summed E-state index contributed by atoms with van der Waals surface area (Å²) in [6.07, 6.45) is -3.52. The molecule has 12 heteroatoms. The van der Waals surface area contributed by atoms with Crippen LogP contribution in [0.1, 0.15) is 5.56 Å². The summed E-state index contributed by atoms with van der Waals surface area (Å²) in [4.78, 5) is 22.4. The first-order valence-corrected chi connectivity index (χ1v) is 8.81. The van der Waals surface area contributed by atoms with Crippen molar-refractivity contribution in [3.63, 3.8) is 0 Å². The van der Waals surface area contributed by atoms with Crippen LogP contribution in [0, 0.1) is 0 Å². The molecule has 1 amide bonds. The number of ether oxygens (including phenoxy) is 1. The molecule has 0 aliphatic carbocycles. The molecule has 0 fully saturated rings. The van der Waals surface area contributed by atoms with Crippen LogP contribution in [-0.2, 0) is 11.0 Å². The van der Waals surface area contributed by atoms with E-state index in [1.807, 2.05) is 30.9 Å². The Labute approximate surface area is 172 Å². The van der Waals surface area contributed by atoms with Gasteiger partial charge in [0, 0.05) is 32.4 Å². The Bertz CT molecular complexity index is 891. The molecule has 0 aliphatic heterocycles. The molecule has 4 N–H and O–H groups in total. The van der Waals surface area contributed by atoms with Crippen LogP contribution in [0.3, 0.4) is 0 Å². The van der Waals surface area contributed by atoms with E-state index in [0.29, 0.717) is 42.0 Å². The molecular weight excluding hydrogens is 403 g/mol. The van der Waals surface area contributed by atoms with Crippen LogP contribution in [0.5, 0.6) is 5.75 Å². The van der Waals surface area contributed by atoms with Gasteiger partial charge in [-0.25, -0.2) is 4.98 Å². The van der Waals surface area contributed by atoms with Crippen molar-refractivity contribution in [2.45, 2.75) is 6.18 Å². The lowest BCUT2D eigenvalue weighted by atomic mass is 10.2. The largest absolute Gasteiger partial charge is 0.494 e. The second-order valence-corrected chi connectivity index (χ2v) is 6.67. The van der Waals surface area contributed by atoms with E-state index in [-0.39, 0.29) is 5.95 Å². The van der Waals surface area contributed by atoms with Gasteiger partial charge in [0.2, 0.25) is 12.4 Å². The van der Waals surface area contributed by atoms with Crippen LogP contribution in [-0.4, -0.2) is 62.6 Å². The van der Waals surface area contributed by atoms with Gasteiger partial charge in [-0.2, -0.15) is 18.2 Å². The van der Waals surface area contributed by atoms with Crippen LogP contribution in [0.15, 0.2) is 18.3 Å². The molecule has 0 spiro atoms. The summed E-state index contributed by atoms with van der Waals surface area (Å²) in [5.74, 6) is -0.477. The maximum atomic E-state index is 12.8. The predicted molar refractivity (Wildman–Crippen MR) is 109 cm³/mol. The second kappa shape index (κ2) is 9.48. The molecule has 1 heterocycles. The van der Waals surface area contributed by atoms with Crippen molar-refractivity contribution in [3.05, 3.63) is 23.9 Å². The number of carbonyl (C=O) groups is 1. The molecule has 0 saturated heterocycles. The average Bonchev–Trinajstić information content (AvgIpc) is 2.65. The molecule has 0 atom stereocenters. The molecule has 1 aromatic heterocycles. The zero-order valence-electron chi connectivity index (χ0n) is 17.0. The van der Waals surface area contributed by atoms with Crippen molar-refractivity contribution in [2.75, 3.05) is 62.6 Å². The fourth-order valence-corrected chi connectivity index (χ4v) is 2.60. The Morgan fingerprint density at radius 2 is 1.90 bits per heavy atom. The number of nitrogens with zero attached hydrogens (tertiary/aromatic N) is 4. The van der Waals surface area contributed by atoms with Gasteiger partial charge in [-0.3, -0.25) is 4.79 Å². The Morgan fingerprint density at radius 3 is 2.43 bits per heavy atom. The van der Waals surface area contributed by atoms with Crippen molar-refractivity contribution >= 4 is 35.2 Å². The van der Waals surface area contributed by atoms with E-state index in [1.165, 1.54) is 7.11 Å². The third-order valence-electron chi connectivity index (χ3n) is 4.20. The number of benzene rings is 1. The fourth-order valence-electron chi connectivity index (χ4n) is 2.60. The summed E-state index contributed by atoms with van der Waals surface area (Å²) in [6.45, 7) is 1.45. The highest BCUT2D eigenvalue weighted by Gasteiger charge is 2.34. The van der Waals surface area contributed by atoms with E-state index in [2.05, 4.69) is 20.6 Å². The monoisotopic (exact) mass is 427 g/mol. The van der Waals surface area contributed by atoms with Crippen molar-refractivity contribution in [1.29, 1.82) is 0 Å². The van der Waals surface area contributed by atoms with E-state index < -0.39 is 17.6 Å². The van der Waals surface area contributed by atoms with Crippen LogP contribution in [0.4, 0.5) is 42.0 Å². The average molecular weight is 427 g/mol. The number of likely N-dealkylation sites (N-methyl/N-ethyl adjacent to an activating group) is 2. The van der Waals surface area contributed by atoms with E-state index in [0.717, 1.165) is 6.54 Å². The molecule has 0 aliphatic rings. The number of anilines is 5. The minimum atomic E-state index is -4.65. The molecule has 0 radical (unpaired) electrons. The molecular formula is C18H24F3N7O2. The van der Waals surface area contributed by atoms with Crippen LogP contribution < -0.4 is 26.0 Å². The van der Waals surface area contributed by atoms with E-state index in [9.17, 15) is 18.0 Å². The van der Waals surface area contributed by atoms with Crippen LogP contribution in [0.2, 0.25) is 0 Å². The van der Waals surface area contributed by atoms with Gasteiger partial charge in [-0.15, -0.1) is 0 Å². The SMILES string of the molecule is COc1cc(N(C)CCN(C)C)c(NC=O)cc1Nc1ncc(C(F)(F)F)c(N)n1. The summed E-state index contributed by atoms with van der Waals surface area (Å²) in [5.41, 5.74) is 5.79. The number of nitrogens with one attached hydrogen (secondary N) is 2. The maximum absolute atomic E-state index is 12.8. The van der Waals surface area contributed by atoms with E-state index in [1.54, 1.807) is 12.1 Å². The van der Waals surface area contributed by atoms with Crippen molar-refractivity contribution in [2.24, 2.45) is 0 Å². The molecule has 9 nitrogen and oxygen atoms in total. The Kier molecular flexibility index (Phi) is 7.27. The van der Waals surface area contributed by atoms with Gasteiger partial charge in [-0.05, 0) is 20.2 Å². The lowest BCUT2D eigenvalue weighted by Crippen LogP contribution is -2.29. The summed E-state index contributed by atoms with van der Waals surface area (Å²) in [7, 11) is 7.20. The lowest BCUT2D eigenvalue weighted by Gasteiger charge is -2.25. The van der Waals surface area contributed by atoms with Crippen LogP contribution in [0.25, 0.3) is 0 Å². The van der Waals surface area contributed by atoms with Gasteiger partial charge in [-0.1, -0.05) is 0 Å². The highest BCUT2D eigenvalue weighted by Crippen LogP contribution is 2.38.